The second kappa shape index (κ2) is 8.58. The van der Waals surface area contributed by atoms with E-state index in [4.69, 9.17) is 0 Å². The quantitative estimate of drug-likeness (QED) is 0.647. The summed E-state index contributed by atoms with van der Waals surface area (Å²) in [5.41, 5.74) is 1.49. The number of benzene rings is 1. The summed E-state index contributed by atoms with van der Waals surface area (Å²) in [6.45, 7) is 6.65. The third-order valence-electron chi connectivity index (χ3n) is 5.82. The summed E-state index contributed by atoms with van der Waals surface area (Å²) in [7, 11) is -3.34. The van der Waals surface area contributed by atoms with Gasteiger partial charge in [-0.05, 0) is 30.7 Å². The van der Waals surface area contributed by atoms with Crippen molar-refractivity contribution in [2.45, 2.75) is 43.3 Å². The van der Waals surface area contributed by atoms with E-state index in [1.165, 1.54) is 37.0 Å². The van der Waals surface area contributed by atoms with E-state index in [-0.39, 0.29) is 11.7 Å². The number of amides is 1. The standard InChI is InChI=1S/C22H28N2O3S2/c1-2-3-4-7-10-23-11-13-24(14-12-23)22(25)19-15-17-16-29(26,27)20-9-6-5-8-18(20)21(17)28-19/h5-6,8-9,15H,2-4,7,10-14,16H2,1H3. The van der Waals surface area contributed by atoms with Gasteiger partial charge in [0.2, 0.25) is 0 Å². The zero-order valence-corrected chi connectivity index (χ0v) is 18.5. The van der Waals surface area contributed by atoms with Crippen molar-refractivity contribution in [2.75, 3.05) is 32.7 Å². The lowest BCUT2D eigenvalue weighted by Gasteiger charge is -2.34. The van der Waals surface area contributed by atoms with Crippen LogP contribution in [0.2, 0.25) is 0 Å². The van der Waals surface area contributed by atoms with Gasteiger partial charge in [-0.1, -0.05) is 44.4 Å². The van der Waals surface area contributed by atoms with Crippen molar-refractivity contribution < 1.29 is 13.2 Å². The SMILES string of the molecule is CCCCCCN1CCN(C(=O)c2cc3c(s2)-c2ccccc2S(=O)(=O)C3)CC1. The fraction of sp³-hybridized carbons (Fsp3) is 0.500. The third kappa shape index (κ3) is 4.27. The lowest BCUT2D eigenvalue weighted by molar-refractivity contribution is 0.0640. The van der Waals surface area contributed by atoms with Gasteiger partial charge >= 0.3 is 0 Å². The van der Waals surface area contributed by atoms with Crippen LogP contribution in [0.15, 0.2) is 35.2 Å². The molecule has 2 aliphatic rings. The zero-order chi connectivity index (χ0) is 20.4. The summed E-state index contributed by atoms with van der Waals surface area (Å²) in [6.07, 6.45) is 5.05. The topological polar surface area (TPSA) is 57.7 Å². The van der Waals surface area contributed by atoms with Crippen LogP contribution in [0.1, 0.15) is 47.8 Å². The molecule has 0 aliphatic carbocycles. The molecule has 5 nitrogen and oxygen atoms in total. The Morgan fingerprint density at radius 1 is 1.07 bits per heavy atom. The first-order valence-corrected chi connectivity index (χ1v) is 12.9. The van der Waals surface area contributed by atoms with E-state index < -0.39 is 9.84 Å². The van der Waals surface area contributed by atoms with Crippen LogP contribution in [0.25, 0.3) is 10.4 Å². The Morgan fingerprint density at radius 2 is 1.83 bits per heavy atom. The Morgan fingerprint density at radius 3 is 2.59 bits per heavy atom. The molecule has 156 valence electrons. The Balaban J connectivity index is 1.44. The van der Waals surface area contributed by atoms with E-state index in [9.17, 15) is 13.2 Å². The van der Waals surface area contributed by atoms with Gasteiger partial charge < -0.3 is 4.90 Å². The molecule has 1 saturated heterocycles. The van der Waals surface area contributed by atoms with Crippen LogP contribution < -0.4 is 0 Å². The number of unbranched alkanes of at least 4 members (excludes halogenated alkanes) is 3. The molecular weight excluding hydrogens is 404 g/mol. The summed E-state index contributed by atoms with van der Waals surface area (Å²) < 4.78 is 25.2. The Kier molecular flexibility index (Phi) is 6.08. The lowest BCUT2D eigenvalue weighted by Crippen LogP contribution is -2.48. The molecule has 2 aromatic rings. The molecule has 7 heteroatoms. The van der Waals surface area contributed by atoms with Crippen LogP contribution in [0, 0.1) is 0 Å². The van der Waals surface area contributed by atoms with Crippen LogP contribution in [0.5, 0.6) is 0 Å². The number of carbonyl (C=O) groups is 1. The average Bonchev–Trinajstić information content (AvgIpc) is 3.14. The second-order valence-corrected chi connectivity index (χ2v) is 10.9. The monoisotopic (exact) mass is 432 g/mol. The Bertz CT molecular complexity index is 989. The molecule has 4 rings (SSSR count). The van der Waals surface area contributed by atoms with Gasteiger partial charge in [-0.2, -0.15) is 0 Å². The van der Waals surface area contributed by atoms with Gasteiger partial charge in [0.05, 0.1) is 15.5 Å². The summed E-state index contributed by atoms with van der Waals surface area (Å²) in [5, 5.41) is 0. The highest BCUT2D eigenvalue weighted by molar-refractivity contribution is 7.91. The van der Waals surface area contributed by atoms with Crippen molar-refractivity contribution in [3.63, 3.8) is 0 Å². The van der Waals surface area contributed by atoms with Crippen molar-refractivity contribution in [1.29, 1.82) is 0 Å². The molecule has 0 saturated carbocycles. The first-order chi connectivity index (χ1) is 14.0. The molecule has 0 radical (unpaired) electrons. The number of sulfone groups is 1. The minimum atomic E-state index is -3.34. The van der Waals surface area contributed by atoms with Crippen molar-refractivity contribution >= 4 is 27.1 Å². The van der Waals surface area contributed by atoms with Crippen LogP contribution in [0.3, 0.4) is 0 Å². The largest absolute Gasteiger partial charge is 0.335 e. The van der Waals surface area contributed by atoms with E-state index in [1.807, 2.05) is 17.0 Å². The van der Waals surface area contributed by atoms with Crippen LogP contribution in [-0.4, -0.2) is 56.8 Å². The number of carbonyl (C=O) groups excluding carboxylic acids is 1. The first-order valence-electron chi connectivity index (χ1n) is 10.5. The molecule has 0 spiro atoms. The second-order valence-electron chi connectivity index (χ2n) is 7.91. The summed E-state index contributed by atoms with van der Waals surface area (Å²) >= 11 is 1.43. The van der Waals surface area contributed by atoms with E-state index in [2.05, 4.69) is 11.8 Å². The summed E-state index contributed by atoms with van der Waals surface area (Å²) in [6, 6.07) is 8.90. The number of nitrogens with zero attached hydrogens (tertiary/aromatic N) is 2. The van der Waals surface area contributed by atoms with Crippen molar-refractivity contribution in [3.8, 4) is 10.4 Å². The number of fused-ring (bicyclic) bond motifs is 3. The van der Waals surface area contributed by atoms with Gasteiger partial charge in [0, 0.05) is 36.6 Å². The minimum Gasteiger partial charge on any atom is -0.335 e. The first kappa shape index (κ1) is 20.6. The number of hydrogen-bond acceptors (Lipinski definition) is 5. The van der Waals surface area contributed by atoms with E-state index >= 15 is 0 Å². The normalized spacial score (nSPS) is 18.3. The zero-order valence-electron chi connectivity index (χ0n) is 16.9. The van der Waals surface area contributed by atoms with Gasteiger partial charge in [-0.25, -0.2) is 8.42 Å². The fourth-order valence-corrected chi connectivity index (χ4v) is 7.10. The average molecular weight is 433 g/mol. The highest BCUT2D eigenvalue weighted by atomic mass is 32.2. The number of thiophene rings is 1. The van der Waals surface area contributed by atoms with Crippen molar-refractivity contribution in [3.05, 3.63) is 40.8 Å². The predicted octanol–water partition coefficient (Wildman–Crippen LogP) is 4.04. The van der Waals surface area contributed by atoms with Gasteiger partial charge in [0.25, 0.3) is 5.91 Å². The van der Waals surface area contributed by atoms with Crippen molar-refractivity contribution in [1.82, 2.24) is 9.80 Å². The maximum absolute atomic E-state index is 13.1. The fourth-order valence-electron chi connectivity index (χ4n) is 4.17. The van der Waals surface area contributed by atoms with Gasteiger partial charge in [-0.15, -0.1) is 11.3 Å². The molecule has 1 aromatic carbocycles. The summed E-state index contributed by atoms with van der Waals surface area (Å²) in [5.74, 6) is 0.0131. The third-order valence-corrected chi connectivity index (χ3v) is 8.74. The van der Waals surface area contributed by atoms with Crippen molar-refractivity contribution in [2.24, 2.45) is 0 Å². The smallest absolute Gasteiger partial charge is 0.264 e. The Hall–Kier alpha value is -1.70. The minimum absolute atomic E-state index is 0.0192. The van der Waals surface area contributed by atoms with Gasteiger partial charge in [0.1, 0.15) is 0 Å². The molecule has 0 atom stereocenters. The molecule has 29 heavy (non-hydrogen) atoms. The molecule has 0 bridgehead atoms. The maximum Gasteiger partial charge on any atom is 0.264 e. The molecule has 1 fully saturated rings. The van der Waals surface area contributed by atoms with Crippen LogP contribution in [-0.2, 0) is 15.6 Å². The predicted molar refractivity (Wildman–Crippen MR) is 117 cm³/mol. The highest BCUT2D eigenvalue weighted by Crippen LogP contribution is 2.42. The lowest BCUT2D eigenvalue weighted by atomic mass is 10.1. The Labute approximate surface area is 177 Å². The molecule has 3 heterocycles. The highest BCUT2D eigenvalue weighted by Gasteiger charge is 2.32. The summed E-state index contributed by atoms with van der Waals surface area (Å²) in [4.78, 5) is 19.4. The van der Waals surface area contributed by atoms with Crippen LogP contribution in [0.4, 0.5) is 0 Å². The maximum atomic E-state index is 13.1. The molecular formula is C22H28N2O3S2. The number of piperazine rings is 1. The molecule has 1 aromatic heterocycles. The molecule has 1 amide bonds. The van der Waals surface area contributed by atoms with Gasteiger partial charge in [-0.3, -0.25) is 9.69 Å². The number of hydrogen-bond donors (Lipinski definition) is 0. The number of rotatable bonds is 6. The van der Waals surface area contributed by atoms with E-state index in [0.29, 0.717) is 9.77 Å². The molecule has 2 aliphatic heterocycles. The van der Waals surface area contributed by atoms with E-state index in [1.54, 1.807) is 18.2 Å². The van der Waals surface area contributed by atoms with Crippen LogP contribution >= 0.6 is 11.3 Å². The molecule has 0 unspecified atom stereocenters. The molecule has 0 N–H and O–H groups in total. The van der Waals surface area contributed by atoms with E-state index in [0.717, 1.165) is 48.7 Å². The van der Waals surface area contributed by atoms with Gasteiger partial charge in [0.15, 0.2) is 9.84 Å².